The van der Waals surface area contributed by atoms with Crippen molar-refractivity contribution < 1.29 is 4.79 Å². The van der Waals surface area contributed by atoms with Crippen LogP contribution in [0.4, 0.5) is 5.82 Å². The van der Waals surface area contributed by atoms with Gasteiger partial charge in [0.25, 0.3) is 0 Å². The van der Waals surface area contributed by atoms with Gasteiger partial charge < -0.3 is 10.2 Å². The molecule has 0 unspecified atom stereocenters. The third kappa shape index (κ3) is 4.80. The average Bonchev–Trinajstić information content (AvgIpc) is 3.79. The highest BCUT2D eigenvalue weighted by atomic mass is 35.5. The van der Waals surface area contributed by atoms with E-state index in [9.17, 15) is 4.79 Å². The van der Waals surface area contributed by atoms with Crippen LogP contribution < -0.4 is 5.32 Å². The third-order valence-corrected chi connectivity index (χ3v) is 7.38. The quantitative estimate of drug-likeness (QED) is 0.355. The lowest BCUT2D eigenvalue weighted by atomic mass is 10.0. The normalized spacial score (nSPS) is 15.3. The van der Waals surface area contributed by atoms with Crippen molar-refractivity contribution in [2.75, 3.05) is 5.32 Å². The van der Waals surface area contributed by atoms with Gasteiger partial charge in [0, 0.05) is 41.8 Å². The van der Waals surface area contributed by atoms with Gasteiger partial charge in [-0.05, 0) is 79.6 Å². The van der Waals surface area contributed by atoms with Gasteiger partial charge in [0.1, 0.15) is 12.1 Å². The Bertz CT molecular complexity index is 1460. The SMILES string of the molecule is Cc1cc(CC(=O)N(Cc2cc(-c3ccc4ncnc(NC5CC5)c4c3)ccc2Cl)C2CC2)n(C)n1. The van der Waals surface area contributed by atoms with E-state index in [2.05, 4.69) is 38.6 Å². The van der Waals surface area contributed by atoms with Gasteiger partial charge in [-0.15, -0.1) is 0 Å². The van der Waals surface area contributed by atoms with E-state index in [4.69, 9.17) is 11.6 Å². The minimum atomic E-state index is 0.112. The summed E-state index contributed by atoms with van der Waals surface area (Å²) in [4.78, 5) is 24.2. The van der Waals surface area contributed by atoms with Gasteiger partial charge in [-0.2, -0.15) is 5.10 Å². The molecule has 36 heavy (non-hydrogen) atoms. The molecule has 184 valence electrons. The van der Waals surface area contributed by atoms with Crippen LogP contribution >= 0.6 is 11.6 Å². The number of hydrogen-bond acceptors (Lipinski definition) is 5. The first-order valence-corrected chi connectivity index (χ1v) is 12.9. The number of hydrogen-bond donors (Lipinski definition) is 1. The van der Waals surface area contributed by atoms with Crippen LogP contribution in [0.25, 0.3) is 22.0 Å². The minimum absolute atomic E-state index is 0.112. The molecule has 2 heterocycles. The van der Waals surface area contributed by atoms with Crippen molar-refractivity contribution in [1.29, 1.82) is 0 Å². The van der Waals surface area contributed by atoms with Crippen molar-refractivity contribution in [1.82, 2.24) is 24.6 Å². The number of carbonyl (C=O) groups excluding carboxylic acids is 1. The molecule has 0 bridgehead atoms. The van der Waals surface area contributed by atoms with Gasteiger partial charge in [-0.1, -0.05) is 23.7 Å². The van der Waals surface area contributed by atoms with E-state index in [1.807, 2.05) is 43.1 Å². The summed E-state index contributed by atoms with van der Waals surface area (Å²) >= 11 is 6.65. The average molecular weight is 501 g/mol. The van der Waals surface area contributed by atoms with Crippen LogP contribution in [0, 0.1) is 6.92 Å². The van der Waals surface area contributed by atoms with E-state index in [0.717, 1.165) is 57.6 Å². The maximum Gasteiger partial charge on any atom is 0.229 e. The fourth-order valence-corrected chi connectivity index (χ4v) is 4.90. The molecule has 2 aromatic heterocycles. The molecule has 2 saturated carbocycles. The molecule has 2 fully saturated rings. The largest absolute Gasteiger partial charge is 0.367 e. The van der Waals surface area contributed by atoms with Crippen LogP contribution in [0.1, 0.15) is 42.6 Å². The zero-order valence-corrected chi connectivity index (χ0v) is 21.3. The van der Waals surface area contributed by atoms with Gasteiger partial charge in [-0.3, -0.25) is 9.48 Å². The number of benzene rings is 2. The second-order valence-electron chi connectivity index (χ2n) is 10.0. The van der Waals surface area contributed by atoms with Gasteiger partial charge in [-0.25, -0.2) is 9.97 Å². The van der Waals surface area contributed by atoms with Crippen LogP contribution in [0.5, 0.6) is 0 Å². The van der Waals surface area contributed by atoms with Crippen molar-refractivity contribution >= 4 is 34.2 Å². The molecule has 8 heteroatoms. The molecule has 1 amide bonds. The number of rotatable bonds is 8. The van der Waals surface area contributed by atoms with E-state index < -0.39 is 0 Å². The van der Waals surface area contributed by atoms with Crippen LogP contribution in [-0.2, 0) is 24.8 Å². The Labute approximate surface area is 215 Å². The molecule has 2 aromatic carbocycles. The Kier molecular flexibility index (Phi) is 5.88. The fourth-order valence-electron chi connectivity index (χ4n) is 4.72. The first-order valence-electron chi connectivity index (χ1n) is 12.5. The Balaban J connectivity index is 1.28. The number of nitrogens with one attached hydrogen (secondary N) is 1. The number of halogens is 1. The van der Waals surface area contributed by atoms with Gasteiger partial charge in [0.05, 0.1) is 17.6 Å². The maximum absolute atomic E-state index is 13.3. The number of aryl methyl sites for hydroxylation is 2. The molecule has 2 aliphatic rings. The zero-order valence-electron chi connectivity index (χ0n) is 20.5. The highest BCUT2D eigenvalue weighted by Gasteiger charge is 2.33. The van der Waals surface area contributed by atoms with E-state index >= 15 is 0 Å². The molecule has 0 saturated heterocycles. The van der Waals surface area contributed by atoms with Gasteiger partial charge in [0.15, 0.2) is 0 Å². The molecule has 4 aromatic rings. The highest BCUT2D eigenvalue weighted by Crippen LogP contribution is 2.34. The second kappa shape index (κ2) is 9.21. The summed E-state index contributed by atoms with van der Waals surface area (Å²) in [6, 6.07) is 15.1. The number of aromatic nitrogens is 4. The second-order valence-corrected chi connectivity index (χ2v) is 10.4. The Morgan fingerprint density at radius 2 is 1.86 bits per heavy atom. The molecule has 2 aliphatic carbocycles. The van der Waals surface area contributed by atoms with Crippen molar-refractivity contribution in [3.63, 3.8) is 0 Å². The first-order chi connectivity index (χ1) is 17.4. The number of amides is 1. The maximum atomic E-state index is 13.3. The summed E-state index contributed by atoms with van der Waals surface area (Å²) in [5, 5.41) is 9.59. The smallest absolute Gasteiger partial charge is 0.229 e. The number of nitrogens with zero attached hydrogens (tertiary/aromatic N) is 5. The molecule has 0 atom stereocenters. The predicted octanol–water partition coefficient (Wildman–Crippen LogP) is 5.30. The van der Waals surface area contributed by atoms with E-state index in [-0.39, 0.29) is 11.9 Å². The molecular weight excluding hydrogens is 472 g/mol. The summed E-state index contributed by atoms with van der Waals surface area (Å²) in [5.41, 5.74) is 5.85. The van der Waals surface area contributed by atoms with Crippen molar-refractivity contribution in [3.05, 3.63) is 70.8 Å². The number of fused-ring (bicyclic) bond motifs is 1. The standard InChI is InChI=1S/C28H29ClN6O/c1-17-11-23(34(2)33-17)14-27(36)35(22-7-8-22)15-20-12-18(3-9-25(20)29)19-4-10-26-24(13-19)28(31-16-30-26)32-21-5-6-21/h3-4,9-13,16,21-22H,5-8,14-15H2,1-2H3,(H,30,31,32). The van der Waals surface area contributed by atoms with Gasteiger partial charge in [0.2, 0.25) is 5.91 Å². The van der Waals surface area contributed by atoms with E-state index in [1.54, 1.807) is 11.0 Å². The molecule has 0 aliphatic heterocycles. The summed E-state index contributed by atoms with van der Waals surface area (Å²) in [5.74, 6) is 0.995. The minimum Gasteiger partial charge on any atom is -0.367 e. The topological polar surface area (TPSA) is 75.9 Å². The lowest BCUT2D eigenvalue weighted by Gasteiger charge is -2.23. The molecule has 1 N–H and O–H groups in total. The molecule has 0 radical (unpaired) electrons. The van der Waals surface area contributed by atoms with Crippen LogP contribution in [0.15, 0.2) is 48.8 Å². The van der Waals surface area contributed by atoms with Crippen molar-refractivity contribution in [3.8, 4) is 11.1 Å². The lowest BCUT2D eigenvalue weighted by molar-refractivity contribution is -0.131. The van der Waals surface area contributed by atoms with Crippen molar-refractivity contribution in [2.45, 2.75) is 57.7 Å². The number of anilines is 1. The van der Waals surface area contributed by atoms with Gasteiger partial charge >= 0.3 is 0 Å². The fraction of sp³-hybridized carbons (Fsp3) is 0.357. The molecule has 7 nitrogen and oxygen atoms in total. The molecular formula is C28H29ClN6O. The number of carbonyl (C=O) groups is 1. The van der Waals surface area contributed by atoms with Crippen LogP contribution in [-0.4, -0.2) is 42.6 Å². The summed E-state index contributed by atoms with van der Waals surface area (Å²) in [6.07, 6.45) is 6.39. The first kappa shape index (κ1) is 23.0. The van der Waals surface area contributed by atoms with Crippen LogP contribution in [0.2, 0.25) is 5.02 Å². The van der Waals surface area contributed by atoms with Crippen LogP contribution in [0.3, 0.4) is 0 Å². The monoisotopic (exact) mass is 500 g/mol. The molecule has 6 rings (SSSR count). The molecule has 0 spiro atoms. The summed E-state index contributed by atoms with van der Waals surface area (Å²) in [7, 11) is 1.89. The van der Waals surface area contributed by atoms with E-state index in [0.29, 0.717) is 24.0 Å². The zero-order chi connectivity index (χ0) is 24.8. The third-order valence-electron chi connectivity index (χ3n) is 7.01. The Hall–Kier alpha value is -3.45. The Morgan fingerprint density at radius 1 is 1.08 bits per heavy atom. The summed E-state index contributed by atoms with van der Waals surface area (Å²) < 4.78 is 1.79. The highest BCUT2D eigenvalue weighted by molar-refractivity contribution is 6.31. The summed E-state index contributed by atoms with van der Waals surface area (Å²) in [6.45, 7) is 2.44. The lowest BCUT2D eigenvalue weighted by Crippen LogP contribution is -2.34. The van der Waals surface area contributed by atoms with Crippen molar-refractivity contribution in [2.24, 2.45) is 7.05 Å². The van der Waals surface area contributed by atoms with E-state index in [1.165, 1.54) is 12.8 Å². The Morgan fingerprint density at radius 3 is 2.58 bits per heavy atom. The predicted molar refractivity (Wildman–Crippen MR) is 142 cm³/mol.